The molecule has 0 aliphatic carbocycles. The number of aromatic nitrogens is 2. The molecule has 1 unspecified atom stereocenters. The van der Waals surface area contributed by atoms with Gasteiger partial charge in [-0.3, -0.25) is 0 Å². The van der Waals surface area contributed by atoms with Crippen LogP contribution in [0.15, 0.2) is 24.3 Å². The van der Waals surface area contributed by atoms with E-state index in [1.807, 2.05) is 38.1 Å². The van der Waals surface area contributed by atoms with Crippen LogP contribution in [0.25, 0.3) is 21.3 Å². The molecule has 2 heterocycles. The Bertz CT molecular complexity index is 858. The average molecular weight is 329 g/mol. The van der Waals surface area contributed by atoms with Crippen LogP contribution in [0.3, 0.4) is 0 Å². The Morgan fingerprint density at radius 2 is 2.00 bits per heavy atom. The molecule has 5 nitrogen and oxygen atoms in total. The normalized spacial score (nSPS) is 12.5. The summed E-state index contributed by atoms with van der Waals surface area (Å²) in [6.07, 6.45) is -0.454. The van der Waals surface area contributed by atoms with E-state index in [1.54, 1.807) is 18.3 Å². The Kier molecular flexibility index (Phi) is 4.19. The summed E-state index contributed by atoms with van der Waals surface area (Å²) in [5.74, 6) is 0.855. The van der Waals surface area contributed by atoms with Crippen LogP contribution in [0, 0.1) is 13.8 Å². The number of phenols is 1. The molecular formula is C17H19N3O2S. The van der Waals surface area contributed by atoms with Crippen LogP contribution < -0.4 is 5.32 Å². The maximum absolute atomic E-state index is 10.6. The van der Waals surface area contributed by atoms with Gasteiger partial charge >= 0.3 is 0 Å². The first-order chi connectivity index (χ1) is 11.0. The van der Waals surface area contributed by atoms with Crippen molar-refractivity contribution in [3.63, 3.8) is 0 Å². The quantitative estimate of drug-likeness (QED) is 0.683. The molecule has 0 fully saturated rings. The summed E-state index contributed by atoms with van der Waals surface area (Å²) >= 11 is 1.66. The smallest absolute Gasteiger partial charge is 0.149 e. The number of rotatable bonds is 4. The van der Waals surface area contributed by atoms with E-state index in [9.17, 15) is 10.2 Å². The molecule has 0 aliphatic heterocycles. The lowest BCUT2D eigenvalue weighted by atomic mass is 10.0. The van der Waals surface area contributed by atoms with Crippen molar-refractivity contribution in [3.05, 3.63) is 34.7 Å². The second-order valence-corrected chi connectivity index (χ2v) is 7.01. The fourth-order valence-electron chi connectivity index (χ4n) is 2.51. The number of phenolic OH excluding ortho intramolecular Hbond substituents is 1. The summed E-state index contributed by atoms with van der Waals surface area (Å²) in [6.45, 7) is 6.08. The van der Waals surface area contributed by atoms with Gasteiger partial charge in [0.25, 0.3) is 0 Å². The summed E-state index contributed by atoms with van der Waals surface area (Å²) in [7, 11) is 0. The van der Waals surface area contributed by atoms with Crippen molar-refractivity contribution in [3.8, 4) is 17.0 Å². The molecule has 0 saturated heterocycles. The van der Waals surface area contributed by atoms with Gasteiger partial charge in [0.2, 0.25) is 0 Å². The lowest BCUT2D eigenvalue weighted by molar-refractivity contribution is 0.208. The van der Waals surface area contributed by atoms with E-state index < -0.39 is 6.10 Å². The zero-order valence-electron chi connectivity index (χ0n) is 13.3. The van der Waals surface area contributed by atoms with Crippen molar-refractivity contribution in [1.82, 2.24) is 10.2 Å². The standard InChI is InChI=1S/C17H19N3O2S/c1-9-6-15(18-8-10(2)21)19-20-16(9)12-4-5-14-13(17(12)22)7-11(3)23-14/h4-7,10,21-22H,8H2,1-3H3,(H,18,19). The minimum absolute atomic E-state index is 0.244. The van der Waals surface area contributed by atoms with Crippen molar-refractivity contribution in [1.29, 1.82) is 0 Å². The second-order valence-electron chi connectivity index (χ2n) is 5.72. The number of anilines is 1. The highest BCUT2D eigenvalue weighted by Crippen LogP contribution is 2.39. The lowest BCUT2D eigenvalue weighted by Gasteiger charge is -2.11. The van der Waals surface area contributed by atoms with E-state index in [1.165, 1.54) is 0 Å². The second kappa shape index (κ2) is 6.14. The first-order valence-corrected chi connectivity index (χ1v) is 8.26. The van der Waals surface area contributed by atoms with Crippen LogP contribution in [0.2, 0.25) is 0 Å². The van der Waals surface area contributed by atoms with Gasteiger partial charge in [-0.15, -0.1) is 21.5 Å². The summed E-state index contributed by atoms with van der Waals surface area (Å²) in [4.78, 5) is 1.16. The molecule has 2 aromatic heterocycles. The third-order valence-corrected chi connectivity index (χ3v) is 4.63. The molecule has 0 spiro atoms. The number of aromatic hydroxyl groups is 1. The summed E-state index contributed by atoms with van der Waals surface area (Å²) in [5.41, 5.74) is 2.26. The van der Waals surface area contributed by atoms with Crippen LogP contribution in [0.1, 0.15) is 17.4 Å². The van der Waals surface area contributed by atoms with Crippen LogP contribution in [-0.2, 0) is 0 Å². The molecule has 0 radical (unpaired) electrons. The van der Waals surface area contributed by atoms with Gasteiger partial charge < -0.3 is 15.5 Å². The number of aryl methyl sites for hydroxylation is 2. The van der Waals surface area contributed by atoms with Gasteiger partial charge in [0.15, 0.2) is 0 Å². The van der Waals surface area contributed by atoms with Crippen LogP contribution in [0.5, 0.6) is 5.75 Å². The van der Waals surface area contributed by atoms with Crippen molar-refractivity contribution >= 4 is 27.2 Å². The molecule has 3 rings (SSSR count). The zero-order valence-corrected chi connectivity index (χ0v) is 14.1. The number of benzene rings is 1. The van der Waals surface area contributed by atoms with E-state index >= 15 is 0 Å². The fourth-order valence-corrected chi connectivity index (χ4v) is 3.43. The summed E-state index contributed by atoms with van der Waals surface area (Å²) < 4.78 is 1.06. The summed E-state index contributed by atoms with van der Waals surface area (Å²) in [6, 6.07) is 7.74. The zero-order chi connectivity index (χ0) is 16.6. The van der Waals surface area contributed by atoms with Gasteiger partial charge in [0.05, 0.1) is 11.8 Å². The van der Waals surface area contributed by atoms with E-state index in [-0.39, 0.29) is 5.75 Å². The maximum atomic E-state index is 10.6. The number of aliphatic hydroxyl groups excluding tert-OH is 1. The highest BCUT2D eigenvalue weighted by Gasteiger charge is 2.14. The predicted molar refractivity (Wildman–Crippen MR) is 94.2 cm³/mol. The van der Waals surface area contributed by atoms with Gasteiger partial charge in [0, 0.05) is 27.1 Å². The van der Waals surface area contributed by atoms with E-state index in [0.29, 0.717) is 23.6 Å². The monoisotopic (exact) mass is 329 g/mol. The van der Waals surface area contributed by atoms with Crippen molar-refractivity contribution in [2.75, 3.05) is 11.9 Å². The Balaban J connectivity index is 2.00. The number of hydrogen-bond acceptors (Lipinski definition) is 6. The number of nitrogens with one attached hydrogen (secondary N) is 1. The topological polar surface area (TPSA) is 78.3 Å². The van der Waals surface area contributed by atoms with Crippen LogP contribution in [0.4, 0.5) is 5.82 Å². The Labute approximate surface area is 138 Å². The van der Waals surface area contributed by atoms with E-state index in [2.05, 4.69) is 15.5 Å². The van der Waals surface area contributed by atoms with Crippen molar-refractivity contribution < 1.29 is 10.2 Å². The van der Waals surface area contributed by atoms with Crippen molar-refractivity contribution in [2.24, 2.45) is 0 Å². The molecule has 0 bridgehead atoms. The highest BCUT2D eigenvalue weighted by atomic mass is 32.1. The highest BCUT2D eigenvalue weighted by molar-refractivity contribution is 7.19. The number of hydrogen-bond donors (Lipinski definition) is 3. The number of aliphatic hydroxyl groups is 1. The van der Waals surface area contributed by atoms with Gasteiger partial charge in [-0.1, -0.05) is 0 Å². The number of thiophene rings is 1. The summed E-state index contributed by atoms with van der Waals surface area (Å²) in [5, 5.41) is 32.1. The molecule has 23 heavy (non-hydrogen) atoms. The van der Waals surface area contributed by atoms with Gasteiger partial charge in [0.1, 0.15) is 11.6 Å². The Hall–Kier alpha value is -2.18. The molecule has 6 heteroatoms. The average Bonchev–Trinajstić information content (AvgIpc) is 2.88. The fraction of sp³-hybridized carbons (Fsp3) is 0.294. The SMILES string of the molecule is Cc1cc2c(O)c(-c3nnc(NCC(C)O)cc3C)ccc2s1. The van der Waals surface area contributed by atoms with Gasteiger partial charge in [-0.25, -0.2) is 0 Å². The molecule has 120 valence electrons. The molecule has 0 saturated carbocycles. The molecule has 3 aromatic rings. The third kappa shape index (κ3) is 3.13. The minimum Gasteiger partial charge on any atom is -0.507 e. The lowest BCUT2D eigenvalue weighted by Crippen LogP contribution is -2.16. The van der Waals surface area contributed by atoms with Crippen molar-refractivity contribution in [2.45, 2.75) is 26.9 Å². The maximum Gasteiger partial charge on any atom is 0.149 e. The minimum atomic E-state index is -0.454. The third-order valence-electron chi connectivity index (χ3n) is 3.61. The number of nitrogens with zero attached hydrogens (tertiary/aromatic N) is 2. The Morgan fingerprint density at radius 1 is 1.22 bits per heavy atom. The van der Waals surface area contributed by atoms with E-state index in [0.717, 1.165) is 20.5 Å². The van der Waals surface area contributed by atoms with E-state index in [4.69, 9.17) is 0 Å². The first kappa shape index (κ1) is 15.7. The first-order valence-electron chi connectivity index (χ1n) is 7.44. The molecular weight excluding hydrogens is 310 g/mol. The molecule has 0 amide bonds. The molecule has 1 aromatic carbocycles. The molecule has 3 N–H and O–H groups in total. The predicted octanol–water partition coefficient (Wildman–Crippen LogP) is 3.47. The van der Waals surface area contributed by atoms with Gasteiger partial charge in [-0.2, -0.15) is 0 Å². The van der Waals surface area contributed by atoms with Gasteiger partial charge in [-0.05, 0) is 50.6 Å². The largest absolute Gasteiger partial charge is 0.507 e. The van der Waals surface area contributed by atoms with Crippen LogP contribution in [-0.4, -0.2) is 33.1 Å². The Morgan fingerprint density at radius 3 is 2.70 bits per heavy atom. The molecule has 1 atom stereocenters. The number of fused-ring (bicyclic) bond motifs is 1. The molecule has 0 aliphatic rings. The van der Waals surface area contributed by atoms with Crippen LogP contribution >= 0.6 is 11.3 Å².